The van der Waals surface area contributed by atoms with E-state index in [9.17, 15) is 18.7 Å². The van der Waals surface area contributed by atoms with Crippen LogP contribution < -0.4 is 0 Å². The second-order valence-corrected chi connectivity index (χ2v) is 5.43. The summed E-state index contributed by atoms with van der Waals surface area (Å²) in [5, 5.41) is 10.0. The Labute approximate surface area is 123 Å². The Hall–Kier alpha value is -1.53. The highest BCUT2D eigenvalue weighted by atomic mass is 19.1. The summed E-state index contributed by atoms with van der Waals surface area (Å²) >= 11 is 0. The molecule has 1 atom stereocenters. The maximum absolute atomic E-state index is 13.6. The summed E-state index contributed by atoms with van der Waals surface area (Å²) in [7, 11) is 1.80. The molecule has 0 saturated carbocycles. The van der Waals surface area contributed by atoms with Crippen LogP contribution >= 0.6 is 0 Å². The van der Waals surface area contributed by atoms with Gasteiger partial charge in [0.25, 0.3) is 0 Å². The lowest BCUT2D eigenvalue weighted by Gasteiger charge is -2.24. The number of hydrogen-bond donors (Lipinski definition) is 1. The summed E-state index contributed by atoms with van der Waals surface area (Å²) in [6.45, 7) is 2.21. The number of nitrogens with zero attached hydrogens (tertiary/aromatic N) is 2. The number of aliphatic hydroxyl groups is 1. The molecular formula is C15H20F2N2O2. The zero-order valence-electron chi connectivity index (χ0n) is 12.1. The standard InChI is InChI=1S/C15H20F2N2O2/c1-18(7-8-19-6-2-3-15(19)21)10-14(20)12-5-4-11(16)9-13(12)17/h4-5,9,14,20H,2-3,6-8,10H2,1H3. The van der Waals surface area contributed by atoms with E-state index in [4.69, 9.17) is 0 Å². The number of aliphatic hydroxyl groups excluding tert-OH is 1. The van der Waals surface area contributed by atoms with Crippen LogP contribution in [0.4, 0.5) is 8.78 Å². The lowest BCUT2D eigenvalue weighted by atomic mass is 10.1. The van der Waals surface area contributed by atoms with Gasteiger partial charge in [-0.25, -0.2) is 8.78 Å². The van der Waals surface area contributed by atoms with Crippen molar-refractivity contribution in [2.75, 3.05) is 33.2 Å². The first kappa shape index (κ1) is 15.9. The third kappa shape index (κ3) is 4.22. The van der Waals surface area contributed by atoms with Gasteiger partial charge in [0.2, 0.25) is 5.91 Å². The van der Waals surface area contributed by atoms with Gasteiger partial charge in [0.05, 0.1) is 6.10 Å². The molecule has 4 nitrogen and oxygen atoms in total. The van der Waals surface area contributed by atoms with Crippen LogP contribution in [-0.4, -0.2) is 54.0 Å². The van der Waals surface area contributed by atoms with Crippen molar-refractivity contribution in [2.24, 2.45) is 0 Å². The lowest BCUT2D eigenvalue weighted by molar-refractivity contribution is -0.127. The average Bonchev–Trinajstić information content (AvgIpc) is 2.81. The number of amides is 1. The Kier molecular flexibility index (Phi) is 5.25. The molecule has 1 N–H and O–H groups in total. The zero-order valence-corrected chi connectivity index (χ0v) is 12.1. The molecule has 0 aromatic heterocycles. The molecule has 116 valence electrons. The summed E-state index contributed by atoms with van der Waals surface area (Å²) < 4.78 is 26.4. The Morgan fingerprint density at radius 3 is 2.81 bits per heavy atom. The molecule has 1 aromatic carbocycles. The van der Waals surface area contributed by atoms with Gasteiger partial charge < -0.3 is 14.9 Å². The Morgan fingerprint density at radius 2 is 2.19 bits per heavy atom. The number of carbonyl (C=O) groups is 1. The van der Waals surface area contributed by atoms with E-state index in [0.717, 1.165) is 25.1 Å². The van der Waals surface area contributed by atoms with Crippen molar-refractivity contribution in [2.45, 2.75) is 18.9 Å². The van der Waals surface area contributed by atoms with Gasteiger partial charge in [0.1, 0.15) is 11.6 Å². The van der Waals surface area contributed by atoms with Crippen LogP contribution in [0.3, 0.4) is 0 Å². The Balaban J connectivity index is 1.84. The molecule has 0 aliphatic carbocycles. The summed E-state index contributed by atoms with van der Waals surface area (Å²) in [5.74, 6) is -1.25. The van der Waals surface area contributed by atoms with Gasteiger partial charge in [-0.05, 0) is 19.5 Å². The van der Waals surface area contributed by atoms with Gasteiger partial charge in [-0.2, -0.15) is 0 Å². The number of benzene rings is 1. The molecule has 21 heavy (non-hydrogen) atoms. The first-order chi connectivity index (χ1) is 9.97. The minimum absolute atomic E-state index is 0.0838. The zero-order chi connectivity index (χ0) is 15.4. The summed E-state index contributed by atoms with van der Waals surface area (Å²) in [6, 6.07) is 3.15. The lowest BCUT2D eigenvalue weighted by Crippen LogP contribution is -2.35. The summed E-state index contributed by atoms with van der Waals surface area (Å²) in [4.78, 5) is 15.1. The maximum atomic E-state index is 13.6. The van der Waals surface area contributed by atoms with Crippen molar-refractivity contribution in [3.63, 3.8) is 0 Å². The van der Waals surface area contributed by atoms with Gasteiger partial charge in [-0.1, -0.05) is 6.07 Å². The van der Waals surface area contributed by atoms with Crippen LogP contribution in [0.15, 0.2) is 18.2 Å². The molecule has 1 aliphatic heterocycles. The molecule has 0 spiro atoms. The van der Waals surface area contributed by atoms with Crippen molar-refractivity contribution in [3.05, 3.63) is 35.4 Å². The average molecular weight is 298 g/mol. The number of halogens is 2. The topological polar surface area (TPSA) is 43.8 Å². The second-order valence-electron chi connectivity index (χ2n) is 5.43. The molecule has 6 heteroatoms. The maximum Gasteiger partial charge on any atom is 0.222 e. The van der Waals surface area contributed by atoms with Gasteiger partial charge in [0.15, 0.2) is 0 Å². The van der Waals surface area contributed by atoms with E-state index in [0.29, 0.717) is 19.5 Å². The first-order valence-corrected chi connectivity index (χ1v) is 7.06. The quantitative estimate of drug-likeness (QED) is 0.866. The van der Waals surface area contributed by atoms with Crippen LogP contribution in [0.1, 0.15) is 24.5 Å². The fourth-order valence-electron chi connectivity index (χ4n) is 2.49. The smallest absolute Gasteiger partial charge is 0.222 e. The second kappa shape index (κ2) is 6.95. The molecule has 0 bridgehead atoms. The first-order valence-electron chi connectivity index (χ1n) is 7.06. The number of likely N-dealkylation sites (N-methyl/N-ethyl adjacent to an activating group) is 1. The SMILES string of the molecule is CN(CCN1CCCC1=O)CC(O)c1ccc(F)cc1F. The fourth-order valence-corrected chi connectivity index (χ4v) is 2.49. The van der Waals surface area contributed by atoms with Gasteiger partial charge >= 0.3 is 0 Å². The molecule has 1 heterocycles. The van der Waals surface area contributed by atoms with Crippen LogP contribution in [-0.2, 0) is 4.79 Å². The van der Waals surface area contributed by atoms with E-state index < -0.39 is 17.7 Å². The van der Waals surface area contributed by atoms with Crippen LogP contribution in [0.5, 0.6) is 0 Å². The van der Waals surface area contributed by atoms with Crippen molar-refractivity contribution in [1.29, 1.82) is 0 Å². The molecule has 1 aliphatic rings. The Morgan fingerprint density at radius 1 is 1.43 bits per heavy atom. The highest BCUT2D eigenvalue weighted by molar-refractivity contribution is 5.78. The van der Waals surface area contributed by atoms with Crippen molar-refractivity contribution in [1.82, 2.24) is 9.80 Å². The van der Waals surface area contributed by atoms with E-state index in [1.807, 2.05) is 4.90 Å². The predicted molar refractivity (Wildman–Crippen MR) is 74.6 cm³/mol. The highest BCUT2D eigenvalue weighted by Crippen LogP contribution is 2.19. The van der Waals surface area contributed by atoms with E-state index in [2.05, 4.69) is 0 Å². The molecule has 0 radical (unpaired) electrons. The van der Waals surface area contributed by atoms with Crippen molar-refractivity contribution >= 4 is 5.91 Å². The number of likely N-dealkylation sites (tertiary alicyclic amines) is 1. The number of hydrogen-bond acceptors (Lipinski definition) is 3. The molecule has 1 saturated heterocycles. The molecular weight excluding hydrogens is 278 g/mol. The van der Waals surface area contributed by atoms with Crippen molar-refractivity contribution < 1.29 is 18.7 Å². The molecule has 1 fully saturated rings. The fraction of sp³-hybridized carbons (Fsp3) is 0.533. The molecule has 1 aromatic rings. The largest absolute Gasteiger partial charge is 0.387 e. The highest BCUT2D eigenvalue weighted by Gasteiger charge is 2.21. The third-order valence-corrected chi connectivity index (χ3v) is 3.73. The van der Waals surface area contributed by atoms with Crippen molar-refractivity contribution in [3.8, 4) is 0 Å². The van der Waals surface area contributed by atoms with Gasteiger partial charge in [-0.15, -0.1) is 0 Å². The van der Waals surface area contributed by atoms with E-state index in [1.165, 1.54) is 6.07 Å². The van der Waals surface area contributed by atoms with E-state index >= 15 is 0 Å². The van der Waals surface area contributed by atoms with E-state index in [1.54, 1.807) is 11.9 Å². The minimum Gasteiger partial charge on any atom is -0.387 e. The van der Waals surface area contributed by atoms with Gasteiger partial charge in [0, 0.05) is 44.2 Å². The number of rotatable bonds is 6. The third-order valence-electron chi connectivity index (χ3n) is 3.73. The van der Waals surface area contributed by atoms with Crippen LogP contribution in [0, 0.1) is 11.6 Å². The number of carbonyl (C=O) groups excluding carboxylic acids is 1. The van der Waals surface area contributed by atoms with E-state index in [-0.39, 0.29) is 18.0 Å². The normalized spacial score (nSPS) is 16.8. The molecule has 1 amide bonds. The van der Waals surface area contributed by atoms with Crippen LogP contribution in [0.25, 0.3) is 0 Å². The molecule has 1 unspecified atom stereocenters. The Bertz CT molecular complexity index is 510. The van der Waals surface area contributed by atoms with Gasteiger partial charge in [-0.3, -0.25) is 4.79 Å². The summed E-state index contributed by atoms with van der Waals surface area (Å²) in [5.41, 5.74) is 0.0838. The monoisotopic (exact) mass is 298 g/mol. The molecule has 2 rings (SSSR count). The minimum atomic E-state index is -1.02. The predicted octanol–water partition coefficient (Wildman–Crippen LogP) is 1.55. The summed E-state index contributed by atoms with van der Waals surface area (Å²) in [6.07, 6.45) is 0.476. The van der Waals surface area contributed by atoms with Crippen LogP contribution in [0.2, 0.25) is 0 Å².